The van der Waals surface area contributed by atoms with Crippen molar-refractivity contribution in [3.05, 3.63) is 75.8 Å². The molecule has 0 saturated carbocycles. The van der Waals surface area contributed by atoms with Crippen molar-refractivity contribution < 1.29 is 4.79 Å². The van der Waals surface area contributed by atoms with Gasteiger partial charge in [-0.25, -0.2) is 0 Å². The van der Waals surface area contributed by atoms with Crippen LogP contribution in [0.5, 0.6) is 0 Å². The molecule has 0 aliphatic carbocycles. The van der Waals surface area contributed by atoms with Crippen LogP contribution in [0, 0.1) is 0 Å². The Balaban J connectivity index is 2.39. The smallest absolute Gasteiger partial charge is 0.190 e. The summed E-state index contributed by atoms with van der Waals surface area (Å²) < 4.78 is 0.988. The summed E-state index contributed by atoms with van der Waals surface area (Å²) in [7, 11) is 3.93. The van der Waals surface area contributed by atoms with Gasteiger partial charge in [-0.15, -0.1) is 0 Å². The Kier molecular flexibility index (Phi) is 5.48. The molecule has 0 fully saturated rings. The summed E-state index contributed by atoms with van der Waals surface area (Å²) in [6.07, 6.45) is 1.96. The van der Waals surface area contributed by atoms with Crippen LogP contribution in [0.25, 0.3) is 6.08 Å². The molecule has 0 spiro atoms. The maximum absolute atomic E-state index is 12.7. The van der Waals surface area contributed by atoms with Crippen molar-refractivity contribution in [2.24, 2.45) is 0 Å². The predicted molar refractivity (Wildman–Crippen MR) is 91.4 cm³/mol. The van der Waals surface area contributed by atoms with Gasteiger partial charge < -0.3 is 4.90 Å². The van der Waals surface area contributed by atoms with Crippen molar-refractivity contribution in [1.82, 2.24) is 4.90 Å². The van der Waals surface area contributed by atoms with Gasteiger partial charge in [0.2, 0.25) is 0 Å². The average Bonchev–Trinajstić information content (AvgIpc) is 2.48. The fourth-order valence-electron chi connectivity index (χ4n) is 2.08. The van der Waals surface area contributed by atoms with Gasteiger partial charge in [0, 0.05) is 22.2 Å². The van der Waals surface area contributed by atoms with E-state index in [1.165, 1.54) is 0 Å². The number of Topliss-reactive ketones (excluding diaryl/α,β-unsaturated/α-hetero) is 1. The molecule has 2 rings (SSSR count). The Hall–Kier alpha value is -1.71. The first kappa shape index (κ1) is 15.7. The lowest BCUT2D eigenvalue weighted by atomic mass is 10.0. The topological polar surface area (TPSA) is 20.3 Å². The van der Waals surface area contributed by atoms with Gasteiger partial charge >= 0.3 is 0 Å². The molecule has 0 saturated heterocycles. The Morgan fingerprint density at radius 2 is 1.67 bits per heavy atom. The highest BCUT2D eigenvalue weighted by atomic mass is 79.9. The monoisotopic (exact) mass is 343 g/mol. The number of benzene rings is 2. The van der Waals surface area contributed by atoms with Crippen LogP contribution >= 0.6 is 15.9 Å². The fourth-order valence-corrected chi connectivity index (χ4v) is 2.48. The van der Waals surface area contributed by atoms with Crippen molar-refractivity contribution in [2.75, 3.05) is 20.6 Å². The second-order valence-corrected chi connectivity index (χ2v) is 5.98. The van der Waals surface area contributed by atoms with E-state index in [2.05, 4.69) is 15.9 Å². The van der Waals surface area contributed by atoms with E-state index in [1.54, 1.807) is 0 Å². The lowest BCUT2D eigenvalue weighted by molar-refractivity contribution is 0.102. The van der Waals surface area contributed by atoms with E-state index in [1.807, 2.05) is 79.7 Å². The van der Waals surface area contributed by atoms with Crippen molar-refractivity contribution in [2.45, 2.75) is 0 Å². The lowest BCUT2D eigenvalue weighted by Gasteiger charge is -2.13. The lowest BCUT2D eigenvalue weighted by Crippen LogP contribution is -2.20. The molecule has 0 N–H and O–H groups in total. The molecule has 0 heterocycles. The molecule has 0 atom stereocenters. The third-order valence-corrected chi connectivity index (χ3v) is 3.77. The van der Waals surface area contributed by atoms with Crippen LogP contribution < -0.4 is 0 Å². The molecule has 0 radical (unpaired) electrons. The number of carbonyl (C=O) groups excluding carboxylic acids is 1. The highest BCUT2D eigenvalue weighted by Crippen LogP contribution is 2.20. The molecule has 0 aliphatic rings. The number of halogens is 1. The second-order valence-electron chi connectivity index (χ2n) is 5.12. The second kappa shape index (κ2) is 7.34. The minimum atomic E-state index is 0.0695. The van der Waals surface area contributed by atoms with Crippen LogP contribution in [0.2, 0.25) is 0 Å². The van der Waals surface area contributed by atoms with E-state index in [0.717, 1.165) is 21.2 Å². The standard InChI is InChI=1S/C18H18BrNO/c1-20(2)13-16(12-15-10-6-7-11-17(15)19)18(21)14-8-4-3-5-9-14/h3-12H,13H2,1-2H3/b16-12+. The minimum absolute atomic E-state index is 0.0695. The minimum Gasteiger partial charge on any atom is -0.305 e. The van der Waals surface area contributed by atoms with Crippen LogP contribution in [0.4, 0.5) is 0 Å². The van der Waals surface area contributed by atoms with Crippen LogP contribution in [0.3, 0.4) is 0 Å². The number of carbonyl (C=O) groups is 1. The molecule has 0 unspecified atom stereocenters. The summed E-state index contributed by atoms with van der Waals surface area (Å²) >= 11 is 3.53. The Labute approximate surface area is 134 Å². The van der Waals surface area contributed by atoms with Gasteiger partial charge in [0.25, 0.3) is 0 Å². The molecule has 0 aliphatic heterocycles. The number of hydrogen-bond acceptors (Lipinski definition) is 2. The molecular weight excluding hydrogens is 326 g/mol. The maximum Gasteiger partial charge on any atom is 0.190 e. The summed E-state index contributed by atoms with van der Waals surface area (Å²) in [5.74, 6) is 0.0695. The Morgan fingerprint density at radius 3 is 2.29 bits per heavy atom. The zero-order valence-corrected chi connectivity index (χ0v) is 13.8. The molecule has 21 heavy (non-hydrogen) atoms. The average molecular weight is 344 g/mol. The first-order valence-electron chi connectivity index (χ1n) is 6.77. The van der Waals surface area contributed by atoms with Gasteiger partial charge in [-0.3, -0.25) is 4.79 Å². The van der Waals surface area contributed by atoms with Crippen LogP contribution in [0.1, 0.15) is 15.9 Å². The van der Waals surface area contributed by atoms with Gasteiger partial charge in [-0.2, -0.15) is 0 Å². The predicted octanol–water partition coefficient (Wildman–Crippen LogP) is 4.28. The fraction of sp³-hybridized carbons (Fsp3) is 0.167. The van der Waals surface area contributed by atoms with E-state index in [0.29, 0.717) is 6.54 Å². The van der Waals surface area contributed by atoms with Gasteiger partial charge in [0.15, 0.2) is 5.78 Å². The number of likely N-dealkylation sites (N-methyl/N-ethyl adjacent to an activating group) is 1. The van der Waals surface area contributed by atoms with Gasteiger partial charge in [0.1, 0.15) is 0 Å². The summed E-state index contributed by atoms with van der Waals surface area (Å²) in [5, 5.41) is 0. The highest BCUT2D eigenvalue weighted by Gasteiger charge is 2.13. The Morgan fingerprint density at radius 1 is 1.05 bits per heavy atom. The SMILES string of the molecule is CN(C)C/C(=C\c1ccccc1Br)C(=O)c1ccccc1. The quantitative estimate of drug-likeness (QED) is 0.596. The van der Waals surface area contributed by atoms with E-state index in [-0.39, 0.29) is 5.78 Å². The van der Waals surface area contributed by atoms with Gasteiger partial charge in [0.05, 0.1) is 0 Å². The third-order valence-electron chi connectivity index (χ3n) is 3.05. The summed E-state index contributed by atoms with van der Waals surface area (Å²) in [6.45, 7) is 0.606. The van der Waals surface area contributed by atoms with Crippen molar-refractivity contribution in [3.8, 4) is 0 Å². The molecule has 2 aromatic rings. The first-order valence-corrected chi connectivity index (χ1v) is 7.57. The first-order chi connectivity index (χ1) is 10.1. The number of rotatable bonds is 5. The summed E-state index contributed by atoms with van der Waals surface area (Å²) in [5.41, 5.74) is 2.51. The van der Waals surface area contributed by atoms with E-state index in [9.17, 15) is 4.79 Å². The number of nitrogens with zero attached hydrogens (tertiary/aromatic N) is 1. The molecule has 108 valence electrons. The normalized spacial score (nSPS) is 11.7. The molecule has 3 heteroatoms. The van der Waals surface area contributed by atoms with Crippen molar-refractivity contribution in [3.63, 3.8) is 0 Å². The van der Waals surface area contributed by atoms with E-state index < -0.39 is 0 Å². The van der Waals surface area contributed by atoms with Crippen LogP contribution in [0.15, 0.2) is 64.6 Å². The zero-order valence-electron chi connectivity index (χ0n) is 12.2. The summed E-state index contributed by atoms with van der Waals surface area (Å²) in [4.78, 5) is 14.7. The maximum atomic E-state index is 12.7. The Bertz CT molecular complexity index is 647. The summed E-state index contributed by atoms with van der Waals surface area (Å²) in [6, 6.07) is 17.3. The molecule has 2 aromatic carbocycles. The molecule has 2 nitrogen and oxygen atoms in total. The third kappa shape index (κ3) is 4.38. The molecule has 0 amide bonds. The van der Waals surface area contributed by atoms with Gasteiger partial charge in [-0.05, 0) is 31.8 Å². The molecular formula is C18H18BrNO. The van der Waals surface area contributed by atoms with Crippen LogP contribution in [-0.2, 0) is 0 Å². The van der Waals surface area contributed by atoms with Crippen molar-refractivity contribution >= 4 is 27.8 Å². The molecule has 0 aromatic heterocycles. The molecule has 0 bridgehead atoms. The van der Waals surface area contributed by atoms with Gasteiger partial charge in [-0.1, -0.05) is 64.5 Å². The number of ketones is 1. The largest absolute Gasteiger partial charge is 0.305 e. The van der Waals surface area contributed by atoms with Crippen LogP contribution in [-0.4, -0.2) is 31.3 Å². The van der Waals surface area contributed by atoms with E-state index >= 15 is 0 Å². The zero-order chi connectivity index (χ0) is 15.2. The number of hydrogen-bond donors (Lipinski definition) is 0. The van der Waals surface area contributed by atoms with E-state index in [4.69, 9.17) is 0 Å². The van der Waals surface area contributed by atoms with Crippen molar-refractivity contribution in [1.29, 1.82) is 0 Å². The highest BCUT2D eigenvalue weighted by molar-refractivity contribution is 9.10.